The maximum atomic E-state index is 12.0. The Hall–Kier alpha value is -1.77. The van der Waals surface area contributed by atoms with Crippen LogP contribution in [0.15, 0.2) is 41.2 Å². The molecule has 1 unspecified atom stereocenters. The molecule has 1 aromatic rings. The minimum absolute atomic E-state index is 0.101. The molecule has 2 aliphatic carbocycles. The molecule has 0 aromatic heterocycles. The van der Waals surface area contributed by atoms with Gasteiger partial charge in [-0.1, -0.05) is 0 Å². The average Bonchev–Trinajstić information content (AvgIpc) is 2.81. The quantitative estimate of drug-likeness (QED) is 0.453. The van der Waals surface area contributed by atoms with Crippen LogP contribution in [0.2, 0.25) is 0 Å². The summed E-state index contributed by atoms with van der Waals surface area (Å²) in [6, 6.07) is 3.21. The van der Waals surface area contributed by atoms with Crippen molar-refractivity contribution in [3.05, 3.63) is 46.8 Å². The van der Waals surface area contributed by atoms with Crippen LogP contribution in [0, 0.1) is 5.41 Å². The van der Waals surface area contributed by atoms with Crippen molar-refractivity contribution in [3.8, 4) is 17.2 Å². The summed E-state index contributed by atoms with van der Waals surface area (Å²) in [5, 5.41) is 19.8. The monoisotopic (exact) mass is 505 g/mol. The van der Waals surface area contributed by atoms with Gasteiger partial charge in [0.2, 0.25) is 0 Å². The molecule has 0 amide bonds. The Morgan fingerprint density at radius 1 is 1.30 bits per heavy atom. The zero-order valence-electron chi connectivity index (χ0n) is 12.3. The molecule has 4 rings (SSSR count). The van der Waals surface area contributed by atoms with Gasteiger partial charge < -0.3 is 0 Å². The molecule has 2 N–H and O–H groups in total. The van der Waals surface area contributed by atoms with Crippen molar-refractivity contribution < 1.29 is 22.4 Å². The van der Waals surface area contributed by atoms with Crippen molar-refractivity contribution in [3.63, 3.8) is 0 Å². The Morgan fingerprint density at radius 2 is 2.09 bits per heavy atom. The predicted octanol–water partition coefficient (Wildman–Crippen LogP) is 2.15. The van der Waals surface area contributed by atoms with E-state index in [1.54, 1.807) is 18.2 Å². The van der Waals surface area contributed by atoms with Gasteiger partial charge in [0.15, 0.2) is 0 Å². The molecular weight excluding hydrogens is 491 g/mol. The number of rotatable bonds is 1. The first-order valence-electron chi connectivity index (χ1n) is 7.18. The number of ketones is 1. The van der Waals surface area contributed by atoms with E-state index in [2.05, 4.69) is 6.92 Å². The zero-order valence-corrected chi connectivity index (χ0v) is 16.2. The first-order chi connectivity index (χ1) is 10.9. The third-order valence-electron chi connectivity index (χ3n) is 4.65. The van der Waals surface area contributed by atoms with Crippen LogP contribution in [0.25, 0.3) is 5.57 Å². The fourth-order valence-electron chi connectivity index (χ4n) is 3.62. The van der Waals surface area contributed by atoms with Crippen LogP contribution in [0.5, 0.6) is 17.2 Å². The topological polar surface area (TPSA) is 76.0 Å². The van der Waals surface area contributed by atoms with Crippen LogP contribution in [0.4, 0.5) is 0 Å². The van der Waals surface area contributed by atoms with E-state index >= 15 is 0 Å². The molecular formula is C17H13O5Pb. The van der Waals surface area contributed by atoms with Crippen LogP contribution in [0.1, 0.15) is 18.9 Å². The third-order valence-corrected chi connectivity index (χ3v) is 5.50. The van der Waals surface area contributed by atoms with Crippen molar-refractivity contribution in [2.75, 3.05) is 6.61 Å². The van der Waals surface area contributed by atoms with Gasteiger partial charge in [-0.2, -0.15) is 0 Å². The van der Waals surface area contributed by atoms with Gasteiger partial charge in [0.05, 0.1) is 0 Å². The van der Waals surface area contributed by atoms with Gasteiger partial charge in [-0.05, 0) is 0 Å². The van der Waals surface area contributed by atoms with Crippen molar-refractivity contribution in [2.45, 2.75) is 13.3 Å². The second kappa shape index (κ2) is 4.86. The number of hydrogen-bond acceptors (Lipinski definition) is 5. The van der Waals surface area contributed by atoms with Crippen molar-refractivity contribution >= 4 is 37.6 Å². The Bertz CT molecular complexity index is 849. The van der Waals surface area contributed by atoms with E-state index in [1.807, 2.05) is 0 Å². The molecule has 3 aliphatic rings. The number of ether oxygens (including phenoxy) is 1. The summed E-state index contributed by atoms with van der Waals surface area (Å²) in [5.74, 6) is 0.111. The van der Waals surface area contributed by atoms with E-state index in [0.29, 0.717) is 50.8 Å². The van der Waals surface area contributed by atoms with Gasteiger partial charge in [-0.25, -0.2) is 0 Å². The molecule has 0 fully saturated rings. The van der Waals surface area contributed by atoms with Gasteiger partial charge in [0, 0.05) is 0 Å². The van der Waals surface area contributed by atoms with Crippen LogP contribution in [-0.4, -0.2) is 48.8 Å². The number of allylic oxidation sites excluding steroid dienone is 4. The molecule has 1 aromatic carbocycles. The van der Waals surface area contributed by atoms with E-state index in [9.17, 15) is 15.0 Å². The number of carbonyl (C=O) groups excluding carboxylic acids is 1. The van der Waals surface area contributed by atoms with E-state index in [4.69, 9.17) is 7.42 Å². The summed E-state index contributed by atoms with van der Waals surface area (Å²) in [5.41, 5.74) is 3.45. The summed E-state index contributed by atoms with van der Waals surface area (Å²) in [7, 11) is 0. The Balaban J connectivity index is 2.01. The number of benzene rings is 1. The van der Waals surface area contributed by atoms with Gasteiger partial charge in [-0.3, -0.25) is 0 Å². The molecule has 115 valence electrons. The summed E-state index contributed by atoms with van der Waals surface area (Å²) in [4.78, 5) is 12.0. The standard InChI is InChI=1S/C17H14O5.Pb/c1-17-6-8-4-12(19)13(20)5-10(8)14(17)9-2-3-11(18)15(21)16(9)22-7-17;/h2-5,18,20-21H,6-7H2,1H3;/q;+1/p-1. The number of aromatic hydroxyl groups is 2. The number of carbonyl (C=O) groups is 1. The van der Waals surface area contributed by atoms with Gasteiger partial charge >= 0.3 is 149 Å². The first kappa shape index (κ1) is 14.8. The Kier molecular flexibility index (Phi) is 3.13. The van der Waals surface area contributed by atoms with Crippen LogP contribution in [-0.2, 0) is 7.48 Å². The van der Waals surface area contributed by atoms with E-state index in [1.165, 1.54) is 6.07 Å². The SMILES string of the molecule is CC12COc3c(ccc(O)c3O)C1=C1C=C([O][Pb])C(=O)C=C1C2. The van der Waals surface area contributed by atoms with Crippen LogP contribution in [0.3, 0.4) is 0 Å². The van der Waals surface area contributed by atoms with Gasteiger partial charge in [0.25, 0.3) is 0 Å². The Morgan fingerprint density at radius 3 is 2.83 bits per heavy atom. The van der Waals surface area contributed by atoms with Crippen molar-refractivity contribution in [2.24, 2.45) is 5.41 Å². The maximum absolute atomic E-state index is 12.0. The number of hydrogen-bond donors (Lipinski definition) is 2. The molecule has 0 spiro atoms. The van der Waals surface area contributed by atoms with Gasteiger partial charge in [0.1, 0.15) is 0 Å². The number of phenolic OH excluding ortho intramolecular Hbond substituents is 2. The number of phenols is 2. The summed E-state index contributed by atoms with van der Waals surface area (Å²) in [6.07, 6.45) is 4.14. The predicted molar refractivity (Wildman–Crippen MR) is 82.9 cm³/mol. The van der Waals surface area contributed by atoms with E-state index in [0.717, 1.165) is 22.3 Å². The molecule has 5 nitrogen and oxygen atoms in total. The third kappa shape index (κ3) is 1.98. The molecule has 0 saturated heterocycles. The molecule has 1 aliphatic heterocycles. The van der Waals surface area contributed by atoms with Crippen LogP contribution >= 0.6 is 0 Å². The summed E-state index contributed by atoms with van der Waals surface area (Å²) < 4.78 is 11.0. The summed E-state index contributed by atoms with van der Waals surface area (Å²) >= 11 is 0.448. The molecule has 6 heteroatoms. The van der Waals surface area contributed by atoms with Gasteiger partial charge in [-0.15, -0.1) is 0 Å². The molecule has 0 saturated carbocycles. The average molecular weight is 504 g/mol. The second-order valence-corrected chi connectivity index (χ2v) is 7.06. The molecule has 0 bridgehead atoms. The molecule has 1 heterocycles. The van der Waals surface area contributed by atoms with Crippen LogP contribution < -0.4 is 4.74 Å². The fraction of sp³-hybridized carbons (Fsp3) is 0.235. The molecule has 3 radical (unpaired) electrons. The fourth-order valence-corrected chi connectivity index (χ4v) is 4.24. The zero-order chi connectivity index (χ0) is 16.4. The molecule has 23 heavy (non-hydrogen) atoms. The number of fused-ring (bicyclic) bond motifs is 4. The van der Waals surface area contributed by atoms with Crippen molar-refractivity contribution in [1.82, 2.24) is 0 Å². The first-order valence-corrected chi connectivity index (χ1v) is 8.77. The second-order valence-electron chi connectivity index (χ2n) is 6.27. The van der Waals surface area contributed by atoms with E-state index < -0.39 is 0 Å². The van der Waals surface area contributed by atoms with Crippen molar-refractivity contribution in [1.29, 1.82) is 0 Å². The minimum atomic E-state index is -0.269. The normalized spacial score (nSPS) is 25.0. The van der Waals surface area contributed by atoms with E-state index in [-0.39, 0.29) is 22.7 Å². The Labute approximate surface area is 149 Å². The molecule has 1 atom stereocenters. The summed E-state index contributed by atoms with van der Waals surface area (Å²) in [6.45, 7) is 2.47.